The molecule has 0 atom stereocenters. The van der Waals surface area contributed by atoms with Crippen LogP contribution < -0.4 is 14.5 Å². The van der Waals surface area contributed by atoms with Gasteiger partial charge < -0.3 is 14.5 Å². The Balaban J connectivity index is 1.04. The fourth-order valence-electron chi connectivity index (χ4n) is 7.73. The van der Waals surface area contributed by atoms with Gasteiger partial charge in [-0.3, -0.25) is 0 Å². The Hall–Kier alpha value is -7.10. The zero-order chi connectivity index (χ0) is 35.1. The summed E-state index contributed by atoms with van der Waals surface area (Å²) in [4.78, 5) is 4.57. The zero-order valence-corrected chi connectivity index (χ0v) is 28.9. The summed E-state index contributed by atoms with van der Waals surface area (Å²) >= 11 is 0. The van der Waals surface area contributed by atoms with E-state index in [1.165, 1.54) is 32.8 Å². The molecule has 9 aromatic rings. The molecule has 0 saturated heterocycles. The van der Waals surface area contributed by atoms with Crippen LogP contribution in [0.1, 0.15) is 0 Å². The Labute approximate surface area is 309 Å². The highest BCUT2D eigenvalue weighted by Crippen LogP contribution is 2.51. The summed E-state index contributed by atoms with van der Waals surface area (Å²) in [6, 6.07) is 73.1. The number of ether oxygens (including phenoxy) is 1. The summed E-state index contributed by atoms with van der Waals surface area (Å²) < 4.78 is 6.75. The summed E-state index contributed by atoms with van der Waals surface area (Å²) in [5.41, 5.74) is 11.3. The van der Waals surface area contributed by atoms with Crippen LogP contribution in [0.25, 0.3) is 43.8 Å². The molecule has 0 spiro atoms. The lowest BCUT2D eigenvalue weighted by atomic mass is 9.89. The first-order valence-electron chi connectivity index (χ1n) is 18.0. The van der Waals surface area contributed by atoms with Gasteiger partial charge >= 0.3 is 0 Å². The maximum atomic E-state index is 6.75. The monoisotopic (exact) mass is 678 g/mol. The van der Waals surface area contributed by atoms with Crippen LogP contribution >= 0.6 is 0 Å². The number of hydrogen-bond donors (Lipinski definition) is 0. The van der Waals surface area contributed by atoms with E-state index in [4.69, 9.17) is 4.74 Å². The molecule has 250 valence electrons. The minimum Gasteiger partial charge on any atom is -0.456 e. The van der Waals surface area contributed by atoms with Gasteiger partial charge in [0.25, 0.3) is 0 Å². The van der Waals surface area contributed by atoms with Crippen molar-refractivity contribution in [1.29, 1.82) is 0 Å². The van der Waals surface area contributed by atoms with Crippen LogP contribution in [0, 0.1) is 0 Å². The van der Waals surface area contributed by atoms with Gasteiger partial charge in [-0.2, -0.15) is 0 Å². The Bertz CT molecular complexity index is 2650. The van der Waals surface area contributed by atoms with E-state index in [0.717, 1.165) is 56.6 Å². The predicted molar refractivity (Wildman–Crippen MR) is 222 cm³/mol. The number of nitrogens with zero attached hydrogens (tertiary/aromatic N) is 2. The van der Waals surface area contributed by atoms with Crippen LogP contribution in [0.3, 0.4) is 0 Å². The van der Waals surface area contributed by atoms with Gasteiger partial charge in [0, 0.05) is 51.1 Å². The van der Waals surface area contributed by atoms with Crippen LogP contribution in [0.5, 0.6) is 11.5 Å². The van der Waals surface area contributed by atoms with E-state index in [-0.39, 0.29) is 0 Å². The summed E-state index contributed by atoms with van der Waals surface area (Å²) in [7, 11) is 0. The van der Waals surface area contributed by atoms with Gasteiger partial charge in [0.15, 0.2) is 0 Å². The van der Waals surface area contributed by atoms with Crippen molar-refractivity contribution in [1.82, 2.24) is 0 Å². The van der Waals surface area contributed by atoms with Gasteiger partial charge in [0.2, 0.25) is 0 Å². The second-order valence-electron chi connectivity index (χ2n) is 13.4. The van der Waals surface area contributed by atoms with E-state index in [9.17, 15) is 0 Å². The molecule has 53 heavy (non-hydrogen) atoms. The average Bonchev–Trinajstić information content (AvgIpc) is 3.23. The molecule has 0 radical (unpaired) electrons. The first-order chi connectivity index (χ1) is 26.3. The maximum Gasteiger partial charge on any atom is 0.137 e. The normalized spacial score (nSPS) is 11.5. The number of fused-ring (bicyclic) bond motifs is 4. The highest BCUT2D eigenvalue weighted by atomic mass is 16.5. The zero-order valence-electron chi connectivity index (χ0n) is 28.9. The standard InChI is InChI=1S/C50H34N2O/c1-5-14-38(15-6-1)51(39-16-7-2-8-17-39)42-28-26-35(27-29-42)36-24-25-37-33-47-44-31-30-43(52(40-18-9-3-10-19-40)41-20-11-4-12-21-41)34-49(44)53-48-23-13-22-45(50(47)48)46(37)32-36/h1-34H. The van der Waals surface area contributed by atoms with Crippen molar-refractivity contribution in [3.05, 3.63) is 206 Å². The Morgan fingerprint density at radius 3 is 1.40 bits per heavy atom. The number of anilines is 6. The summed E-state index contributed by atoms with van der Waals surface area (Å²) in [5.74, 6) is 1.74. The van der Waals surface area contributed by atoms with Crippen molar-refractivity contribution in [2.45, 2.75) is 0 Å². The van der Waals surface area contributed by atoms with Crippen molar-refractivity contribution < 1.29 is 4.74 Å². The minimum atomic E-state index is 0.857. The van der Waals surface area contributed by atoms with E-state index in [2.05, 4.69) is 216 Å². The SMILES string of the molecule is c1ccc(N(c2ccccc2)c2ccc(-c3ccc4cc5c6c(cccc6c4c3)Oc3cc(N(c4ccccc4)c4ccccc4)ccc3-5)cc2)cc1. The largest absolute Gasteiger partial charge is 0.456 e. The topological polar surface area (TPSA) is 15.7 Å². The highest BCUT2D eigenvalue weighted by molar-refractivity contribution is 6.18. The van der Waals surface area contributed by atoms with Crippen LogP contribution in [0.15, 0.2) is 206 Å². The number of benzene rings is 9. The van der Waals surface area contributed by atoms with Crippen molar-refractivity contribution in [2.75, 3.05) is 9.80 Å². The molecule has 1 aliphatic heterocycles. The Morgan fingerprint density at radius 1 is 0.302 bits per heavy atom. The molecule has 0 unspecified atom stereocenters. The van der Waals surface area contributed by atoms with Crippen molar-refractivity contribution >= 4 is 55.7 Å². The molecule has 0 fully saturated rings. The summed E-state index contributed by atoms with van der Waals surface area (Å²) in [5, 5.41) is 4.76. The van der Waals surface area contributed by atoms with Gasteiger partial charge in [-0.1, -0.05) is 109 Å². The number of para-hydroxylation sites is 4. The van der Waals surface area contributed by atoms with Crippen LogP contribution in [0.2, 0.25) is 0 Å². The van der Waals surface area contributed by atoms with Crippen LogP contribution in [-0.2, 0) is 0 Å². The average molecular weight is 679 g/mol. The van der Waals surface area contributed by atoms with Crippen molar-refractivity contribution in [2.24, 2.45) is 0 Å². The molecule has 1 aliphatic rings. The quantitative estimate of drug-likeness (QED) is 0.156. The molecular formula is C50H34N2O. The number of rotatable bonds is 7. The molecule has 10 rings (SSSR count). The lowest BCUT2D eigenvalue weighted by Gasteiger charge is -2.28. The van der Waals surface area contributed by atoms with Crippen molar-refractivity contribution in [3.63, 3.8) is 0 Å². The first-order valence-corrected chi connectivity index (χ1v) is 18.0. The smallest absolute Gasteiger partial charge is 0.137 e. The summed E-state index contributed by atoms with van der Waals surface area (Å²) in [6.45, 7) is 0. The third kappa shape index (κ3) is 5.47. The Kier molecular flexibility index (Phi) is 7.47. The van der Waals surface area contributed by atoms with Crippen LogP contribution in [0.4, 0.5) is 34.1 Å². The molecule has 0 amide bonds. The van der Waals surface area contributed by atoms with Gasteiger partial charge in [-0.05, 0) is 124 Å². The summed E-state index contributed by atoms with van der Waals surface area (Å²) in [6.07, 6.45) is 0. The van der Waals surface area contributed by atoms with E-state index < -0.39 is 0 Å². The second kappa shape index (κ2) is 12.9. The maximum absolute atomic E-state index is 6.75. The fourth-order valence-corrected chi connectivity index (χ4v) is 7.73. The lowest BCUT2D eigenvalue weighted by molar-refractivity contribution is 0.487. The molecule has 9 aromatic carbocycles. The first kappa shape index (κ1) is 30.7. The van der Waals surface area contributed by atoms with E-state index in [1.807, 2.05) is 0 Å². The van der Waals surface area contributed by atoms with Gasteiger partial charge in [0.05, 0.1) is 0 Å². The molecule has 1 heterocycles. The molecule has 3 heteroatoms. The van der Waals surface area contributed by atoms with E-state index in [1.54, 1.807) is 0 Å². The third-order valence-corrected chi connectivity index (χ3v) is 10.2. The van der Waals surface area contributed by atoms with Crippen molar-refractivity contribution in [3.8, 4) is 33.8 Å². The molecule has 0 saturated carbocycles. The molecule has 0 aromatic heterocycles. The lowest BCUT2D eigenvalue weighted by Crippen LogP contribution is -2.10. The highest BCUT2D eigenvalue weighted by Gasteiger charge is 2.24. The predicted octanol–water partition coefficient (Wildman–Crippen LogP) is 14.4. The van der Waals surface area contributed by atoms with Gasteiger partial charge in [-0.25, -0.2) is 0 Å². The van der Waals surface area contributed by atoms with E-state index in [0.29, 0.717) is 0 Å². The van der Waals surface area contributed by atoms with Crippen LogP contribution in [-0.4, -0.2) is 0 Å². The Morgan fingerprint density at radius 2 is 0.811 bits per heavy atom. The van der Waals surface area contributed by atoms with Gasteiger partial charge in [0.1, 0.15) is 11.5 Å². The molecule has 0 aliphatic carbocycles. The second-order valence-corrected chi connectivity index (χ2v) is 13.4. The molecule has 0 N–H and O–H groups in total. The fraction of sp³-hybridized carbons (Fsp3) is 0. The van der Waals surface area contributed by atoms with Gasteiger partial charge in [-0.15, -0.1) is 0 Å². The molecule has 0 bridgehead atoms. The molecular weight excluding hydrogens is 645 g/mol. The minimum absolute atomic E-state index is 0.857. The van der Waals surface area contributed by atoms with E-state index >= 15 is 0 Å². The third-order valence-electron chi connectivity index (χ3n) is 10.2. The number of hydrogen-bond acceptors (Lipinski definition) is 3. The molecule has 3 nitrogen and oxygen atoms in total.